The van der Waals surface area contributed by atoms with Gasteiger partial charge in [0.15, 0.2) is 17.2 Å². The zero-order chi connectivity index (χ0) is 11.3. The first-order valence-corrected chi connectivity index (χ1v) is 4.49. The quantitative estimate of drug-likeness (QED) is 0.734. The van der Waals surface area contributed by atoms with E-state index >= 15 is 0 Å². The Balaban J connectivity index is 3.06. The molecule has 0 fully saturated rings. The van der Waals surface area contributed by atoms with Crippen molar-refractivity contribution in [1.82, 2.24) is 9.97 Å². The first kappa shape index (κ1) is 10.9. The van der Waals surface area contributed by atoms with Crippen LogP contribution in [0.4, 0.5) is 5.82 Å². The van der Waals surface area contributed by atoms with E-state index in [0.29, 0.717) is 6.54 Å². The Kier molecular flexibility index (Phi) is 3.57. The fourth-order valence-electron chi connectivity index (χ4n) is 0.990. The molecule has 15 heavy (non-hydrogen) atoms. The van der Waals surface area contributed by atoms with Crippen molar-refractivity contribution in [2.24, 2.45) is 5.73 Å². The number of nitrogens with two attached hydrogens (primary N) is 1. The third-order valence-corrected chi connectivity index (χ3v) is 1.66. The molecule has 6 heteroatoms. The fourth-order valence-corrected chi connectivity index (χ4v) is 0.990. The molecule has 0 bridgehead atoms. The maximum Gasteiger partial charge on any atom is 0.271 e. The van der Waals surface area contributed by atoms with Gasteiger partial charge in [0.2, 0.25) is 0 Å². The number of carbonyl (C=O) groups excluding carboxylic acids is 1. The first-order valence-electron chi connectivity index (χ1n) is 4.49. The zero-order valence-electron chi connectivity index (χ0n) is 8.32. The minimum Gasteiger partial charge on any atom is -0.368 e. The standard InChI is InChI=1S/C9H11N5O/c1-2-3-12-9-7(8(11)15)13-5-6(4-10)14-9/h5H,2-3H2,1H3,(H2,11,15)(H,12,14). The molecular formula is C9H11N5O. The number of hydrogen-bond acceptors (Lipinski definition) is 5. The number of primary amides is 1. The number of hydrogen-bond donors (Lipinski definition) is 2. The molecule has 0 unspecified atom stereocenters. The van der Waals surface area contributed by atoms with Crippen molar-refractivity contribution in [3.05, 3.63) is 17.6 Å². The molecule has 0 saturated carbocycles. The van der Waals surface area contributed by atoms with Gasteiger partial charge in [0.1, 0.15) is 6.07 Å². The number of nitrogens with zero attached hydrogens (tertiary/aromatic N) is 3. The van der Waals surface area contributed by atoms with Gasteiger partial charge >= 0.3 is 0 Å². The van der Waals surface area contributed by atoms with E-state index in [1.807, 2.05) is 13.0 Å². The van der Waals surface area contributed by atoms with Crippen LogP contribution < -0.4 is 11.1 Å². The first-order chi connectivity index (χ1) is 7.19. The highest BCUT2D eigenvalue weighted by molar-refractivity contribution is 5.95. The molecule has 1 aromatic heterocycles. The normalized spacial score (nSPS) is 9.33. The molecule has 0 aliphatic rings. The summed E-state index contributed by atoms with van der Waals surface area (Å²) in [4.78, 5) is 18.7. The summed E-state index contributed by atoms with van der Waals surface area (Å²) in [6.45, 7) is 2.61. The van der Waals surface area contributed by atoms with Gasteiger partial charge in [-0.25, -0.2) is 9.97 Å². The molecule has 1 amide bonds. The molecule has 0 spiro atoms. The Morgan fingerprint density at radius 2 is 2.47 bits per heavy atom. The predicted octanol–water partition coefficient (Wildman–Crippen LogP) is 0.269. The second kappa shape index (κ2) is 4.91. The van der Waals surface area contributed by atoms with Gasteiger partial charge in [-0.2, -0.15) is 5.26 Å². The van der Waals surface area contributed by atoms with Gasteiger partial charge < -0.3 is 11.1 Å². The molecular weight excluding hydrogens is 194 g/mol. The number of nitriles is 1. The Labute approximate surface area is 87.1 Å². The van der Waals surface area contributed by atoms with Crippen LogP contribution in [-0.4, -0.2) is 22.4 Å². The number of carbonyl (C=O) groups is 1. The summed E-state index contributed by atoms with van der Waals surface area (Å²) < 4.78 is 0. The highest BCUT2D eigenvalue weighted by Crippen LogP contribution is 2.09. The lowest BCUT2D eigenvalue weighted by Gasteiger charge is -2.06. The lowest BCUT2D eigenvalue weighted by Crippen LogP contribution is -2.18. The Bertz CT molecular complexity index is 409. The van der Waals surface area contributed by atoms with Crippen molar-refractivity contribution in [3.8, 4) is 6.07 Å². The predicted molar refractivity (Wildman–Crippen MR) is 54.0 cm³/mol. The number of rotatable bonds is 4. The van der Waals surface area contributed by atoms with E-state index in [0.717, 1.165) is 6.42 Å². The molecule has 0 aliphatic heterocycles. The lowest BCUT2D eigenvalue weighted by atomic mass is 10.3. The Hall–Kier alpha value is -2.16. The van der Waals surface area contributed by atoms with Gasteiger partial charge in [-0.05, 0) is 6.42 Å². The number of anilines is 1. The maximum atomic E-state index is 11.0. The second-order valence-electron chi connectivity index (χ2n) is 2.86. The molecule has 0 radical (unpaired) electrons. The van der Waals surface area contributed by atoms with Crippen LogP contribution in [0.15, 0.2) is 6.20 Å². The maximum absolute atomic E-state index is 11.0. The molecule has 1 aromatic rings. The van der Waals surface area contributed by atoms with Gasteiger partial charge in [0, 0.05) is 6.54 Å². The van der Waals surface area contributed by atoms with Crippen molar-refractivity contribution in [2.45, 2.75) is 13.3 Å². The summed E-state index contributed by atoms with van der Waals surface area (Å²) in [5.41, 5.74) is 5.32. The Morgan fingerprint density at radius 3 is 3.00 bits per heavy atom. The van der Waals surface area contributed by atoms with Crippen molar-refractivity contribution < 1.29 is 4.79 Å². The van der Waals surface area contributed by atoms with E-state index in [9.17, 15) is 4.79 Å². The summed E-state index contributed by atoms with van der Waals surface area (Å²) in [5, 5.41) is 11.5. The molecule has 3 N–H and O–H groups in total. The summed E-state index contributed by atoms with van der Waals surface area (Å²) in [6, 6.07) is 1.84. The van der Waals surface area contributed by atoms with Crippen molar-refractivity contribution in [1.29, 1.82) is 5.26 Å². The van der Waals surface area contributed by atoms with E-state index in [2.05, 4.69) is 15.3 Å². The summed E-state index contributed by atoms with van der Waals surface area (Å²) in [5.74, 6) is -0.394. The summed E-state index contributed by atoms with van der Waals surface area (Å²) in [6.07, 6.45) is 2.09. The molecule has 0 aromatic carbocycles. The van der Waals surface area contributed by atoms with Crippen molar-refractivity contribution >= 4 is 11.7 Å². The zero-order valence-corrected chi connectivity index (χ0v) is 8.32. The fraction of sp³-hybridized carbons (Fsp3) is 0.333. The molecule has 6 nitrogen and oxygen atoms in total. The molecule has 0 saturated heterocycles. The molecule has 78 valence electrons. The van der Waals surface area contributed by atoms with Crippen LogP contribution in [0.25, 0.3) is 0 Å². The second-order valence-corrected chi connectivity index (χ2v) is 2.86. The van der Waals surface area contributed by atoms with Crippen molar-refractivity contribution in [2.75, 3.05) is 11.9 Å². The van der Waals surface area contributed by atoms with Crippen LogP contribution in [-0.2, 0) is 0 Å². The third-order valence-electron chi connectivity index (χ3n) is 1.66. The highest BCUT2D eigenvalue weighted by Gasteiger charge is 2.11. The molecule has 1 heterocycles. The van der Waals surface area contributed by atoms with Gasteiger partial charge in [-0.3, -0.25) is 4.79 Å². The number of nitrogens with one attached hydrogen (secondary N) is 1. The summed E-state index contributed by atoms with van der Waals surface area (Å²) >= 11 is 0. The average molecular weight is 205 g/mol. The van der Waals surface area contributed by atoms with Crippen LogP contribution in [0, 0.1) is 11.3 Å². The van der Waals surface area contributed by atoms with E-state index in [1.54, 1.807) is 0 Å². The van der Waals surface area contributed by atoms with Gasteiger partial charge in [0.05, 0.1) is 6.20 Å². The molecule has 0 atom stereocenters. The van der Waals surface area contributed by atoms with E-state index < -0.39 is 5.91 Å². The van der Waals surface area contributed by atoms with Crippen LogP contribution in [0.3, 0.4) is 0 Å². The highest BCUT2D eigenvalue weighted by atomic mass is 16.1. The van der Waals surface area contributed by atoms with E-state index in [-0.39, 0.29) is 17.2 Å². The monoisotopic (exact) mass is 205 g/mol. The lowest BCUT2D eigenvalue weighted by molar-refractivity contribution is 0.0996. The van der Waals surface area contributed by atoms with Crippen LogP contribution in [0.5, 0.6) is 0 Å². The molecule has 0 aliphatic carbocycles. The number of amides is 1. The van der Waals surface area contributed by atoms with Gasteiger partial charge in [-0.15, -0.1) is 0 Å². The third kappa shape index (κ3) is 2.64. The largest absolute Gasteiger partial charge is 0.368 e. The summed E-state index contributed by atoms with van der Waals surface area (Å²) in [7, 11) is 0. The topological polar surface area (TPSA) is 105 Å². The van der Waals surface area contributed by atoms with E-state index in [4.69, 9.17) is 11.0 Å². The van der Waals surface area contributed by atoms with E-state index in [1.165, 1.54) is 6.20 Å². The smallest absolute Gasteiger partial charge is 0.271 e. The number of aromatic nitrogens is 2. The SMILES string of the molecule is CCCNc1nc(C#N)cnc1C(N)=O. The molecule has 1 rings (SSSR count). The van der Waals surface area contributed by atoms with Crippen LogP contribution in [0.1, 0.15) is 29.5 Å². The minimum atomic E-state index is -0.661. The van der Waals surface area contributed by atoms with Crippen LogP contribution >= 0.6 is 0 Å². The van der Waals surface area contributed by atoms with Crippen LogP contribution in [0.2, 0.25) is 0 Å². The minimum absolute atomic E-state index is 0.0578. The van der Waals surface area contributed by atoms with Gasteiger partial charge in [-0.1, -0.05) is 6.92 Å². The average Bonchev–Trinajstić information content (AvgIpc) is 2.25. The Morgan fingerprint density at radius 1 is 1.73 bits per heavy atom. The van der Waals surface area contributed by atoms with Gasteiger partial charge in [0.25, 0.3) is 5.91 Å². The van der Waals surface area contributed by atoms with Crippen molar-refractivity contribution in [3.63, 3.8) is 0 Å².